The highest BCUT2D eigenvalue weighted by Crippen LogP contribution is 2.31. The second kappa shape index (κ2) is 6.96. The Morgan fingerprint density at radius 1 is 1.30 bits per heavy atom. The first kappa shape index (κ1) is 17.2. The van der Waals surface area contributed by atoms with Crippen molar-refractivity contribution in [2.24, 2.45) is 0 Å². The number of hydrogen-bond donors (Lipinski definition) is 1. The van der Waals surface area contributed by atoms with Crippen LogP contribution in [0.25, 0.3) is 10.9 Å². The molecular weight excluding hydrogens is 292 g/mol. The van der Waals surface area contributed by atoms with Crippen molar-refractivity contribution in [2.75, 3.05) is 11.9 Å². The molecule has 124 valence electrons. The molecule has 2 rings (SSSR count). The van der Waals surface area contributed by atoms with E-state index >= 15 is 0 Å². The van der Waals surface area contributed by atoms with Crippen molar-refractivity contribution in [1.82, 2.24) is 4.98 Å². The van der Waals surface area contributed by atoms with Crippen molar-refractivity contribution in [3.8, 4) is 5.75 Å². The van der Waals surface area contributed by atoms with Gasteiger partial charge in [0.05, 0.1) is 11.8 Å². The Morgan fingerprint density at radius 3 is 2.70 bits per heavy atom. The van der Waals surface area contributed by atoms with Crippen molar-refractivity contribution in [3.05, 3.63) is 30.5 Å². The zero-order valence-corrected chi connectivity index (χ0v) is 14.3. The van der Waals surface area contributed by atoms with Gasteiger partial charge >= 0.3 is 0 Å². The third-order valence-electron chi connectivity index (χ3n) is 3.40. The third-order valence-corrected chi connectivity index (χ3v) is 3.40. The van der Waals surface area contributed by atoms with Gasteiger partial charge in [0.1, 0.15) is 16.9 Å². The third kappa shape index (κ3) is 3.99. The SMILES string of the molecule is CCOC(C)(C)C(=O)Nc1ccc(OC(C)C)c2ncccc12. The zero-order valence-electron chi connectivity index (χ0n) is 14.3. The average Bonchev–Trinajstić information content (AvgIpc) is 2.49. The van der Waals surface area contributed by atoms with Gasteiger partial charge in [-0.05, 0) is 58.9 Å². The topological polar surface area (TPSA) is 60.5 Å². The van der Waals surface area contributed by atoms with E-state index < -0.39 is 5.60 Å². The number of nitrogens with zero attached hydrogens (tertiary/aromatic N) is 1. The molecule has 0 aliphatic carbocycles. The number of hydrogen-bond acceptors (Lipinski definition) is 4. The minimum absolute atomic E-state index is 0.0533. The number of rotatable bonds is 6. The Balaban J connectivity index is 2.37. The van der Waals surface area contributed by atoms with E-state index in [1.54, 1.807) is 20.0 Å². The number of ether oxygens (including phenoxy) is 2. The lowest BCUT2D eigenvalue weighted by atomic mass is 10.1. The summed E-state index contributed by atoms with van der Waals surface area (Å²) in [6, 6.07) is 7.42. The van der Waals surface area contributed by atoms with E-state index in [0.717, 1.165) is 10.9 Å². The Labute approximate surface area is 137 Å². The Bertz CT molecular complexity index is 696. The zero-order chi connectivity index (χ0) is 17.0. The molecule has 2 aromatic rings. The summed E-state index contributed by atoms with van der Waals surface area (Å²) in [5.41, 5.74) is 0.534. The Morgan fingerprint density at radius 2 is 2.04 bits per heavy atom. The molecule has 0 saturated heterocycles. The monoisotopic (exact) mass is 316 g/mol. The van der Waals surface area contributed by atoms with Crippen LogP contribution in [0.1, 0.15) is 34.6 Å². The first-order valence-electron chi connectivity index (χ1n) is 7.85. The van der Waals surface area contributed by atoms with Crippen molar-refractivity contribution >= 4 is 22.5 Å². The fraction of sp³-hybridized carbons (Fsp3) is 0.444. The average molecular weight is 316 g/mol. The minimum Gasteiger partial charge on any atom is -0.489 e. The number of carbonyl (C=O) groups is 1. The first-order chi connectivity index (χ1) is 10.8. The van der Waals surface area contributed by atoms with E-state index in [0.29, 0.717) is 18.0 Å². The van der Waals surface area contributed by atoms with Gasteiger partial charge in [-0.25, -0.2) is 0 Å². The summed E-state index contributed by atoms with van der Waals surface area (Å²) in [5.74, 6) is 0.514. The van der Waals surface area contributed by atoms with Crippen LogP contribution in [0.15, 0.2) is 30.5 Å². The number of fused-ring (bicyclic) bond motifs is 1. The second-order valence-electron chi connectivity index (χ2n) is 6.07. The van der Waals surface area contributed by atoms with Crippen LogP contribution >= 0.6 is 0 Å². The van der Waals surface area contributed by atoms with Gasteiger partial charge in [-0.2, -0.15) is 0 Å². The highest BCUT2D eigenvalue weighted by molar-refractivity contribution is 6.05. The minimum atomic E-state index is -0.892. The second-order valence-corrected chi connectivity index (χ2v) is 6.07. The van der Waals surface area contributed by atoms with Gasteiger partial charge in [-0.3, -0.25) is 9.78 Å². The highest BCUT2D eigenvalue weighted by Gasteiger charge is 2.28. The van der Waals surface area contributed by atoms with Crippen LogP contribution in [-0.4, -0.2) is 29.2 Å². The molecule has 0 unspecified atom stereocenters. The van der Waals surface area contributed by atoms with E-state index in [1.807, 2.05) is 45.0 Å². The van der Waals surface area contributed by atoms with Gasteiger partial charge in [-0.1, -0.05) is 0 Å². The summed E-state index contributed by atoms with van der Waals surface area (Å²) < 4.78 is 11.3. The van der Waals surface area contributed by atoms with E-state index in [9.17, 15) is 4.79 Å². The van der Waals surface area contributed by atoms with Crippen LogP contribution in [0.4, 0.5) is 5.69 Å². The Kier molecular flexibility index (Phi) is 5.21. The van der Waals surface area contributed by atoms with Crippen LogP contribution in [0.3, 0.4) is 0 Å². The smallest absolute Gasteiger partial charge is 0.256 e. The van der Waals surface area contributed by atoms with Crippen LogP contribution in [0.2, 0.25) is 0 Å². The van der Waals surface area contributed by atoms with Crippen LogP contribution in [0, 0.1) is 0 Å². The number of pyridine rings is 1. The predicted molar refractivity (Wildman–Crippen MR) is 91.8 cm³/mol. The lowest BCUT2D eigenvalue weighted by molar-refractivity contribution is -0.136. The molecule has 0 fully saturated rings. The number of anilines is 1. The quantitative estimate of drug-likeness (QED) is 0.881. The summed E-state index contributed by atoms with van der Waals surface area (Å²) in [4.78, 5) is 16.8. The largest absolute Gasteiger partial charge is 0.489 e. The fourth-order valence-electron chi connectivity index (χ4n) is 2.30. The van der Waals surface area contributed by atoms with Crippen LogP contribution in [0.5, 0.6) is 5.75 Å². The summed E-state index contributed by atoms with van der Waals surface area (Å²) in [5, 5.41) is 3.77. The van der Waals surface area contributed by atoms with Gasteiger partial charge in [0, 0.05) is 18.2 Å². The standard InChI is InChI=1S/C18H24N2O3/c1-6-22-18(4,5)17(21)20-14-9-10-15(23-12(2)3)16-13(14)8-7-11-19-16/h7-12H,6H2,1-5H3,(H,20,21). The molecule has 0 aliphatic rings. The number of benzene rings is 1. The number of carbonyl (C=O) groups excluding carboxylic acids is 1. The summed E-state index contributed by atoms with van der Waals surface area (Å²) in [6.07, 6.45) is 1.77. The van der Waals surface area contributed by atoms with Gasteiger partial charge in [0.15, 0.2) is 0 Å². The van der Waals surface area contributed by atoms with E-state index in [2.05, 4.69) is 10.3 Å². The van der Waals surface area contributed by atoms with E-state index in [4.69, 9.17) is 9.47 Å². The number of amides is 1. The lowest BCUT2D eigenvalue weighted by Gasteiger charge is -2.24. The lowest BCUT2D eigenvalue weighted by Crippen LogP contribution is -2.39. The maximum absolute atomic E-state index is 12.4. The fourth-order valence-corrected chi connectivity index (χ4v) is 2.30. The van der Waals surface area contributed by atoms with Gasteiger partial charge in [0.25, 0.3) is 5.91 Å². The molecule has 1 aromatic heterocycles. The molecule has 1 amide bonds. The predicted octanol–water partition coefficient (Wildman–Crippen LogP) is 3.78. The maximum Gasteiger partial charge on any atom is 0.256 e. The Hall–Kier alpha value is -2.14. The van der Waals surface area contributed by atoms with Crippen molar-refractivity contribution < 1.29 is 14.3 Å². The van der Waals surface area contributed by atoms with E-state index in [1.165, 1.54) is 0 Å². The van der Waals surface area contributed by atoms with Crippen molar-refractivity contribution in [1.29, 1.82) is 0 Å². The summed E-state index contributed by atoms with van der Waals surface area (Å²) >= 11 is 0. The molecule has 0 atom stereocenters. The van der Waals surface area contributed by atoms with Gasteiger partial charge < -0.3 is 14.8 Å². The summed E-state index contributed by atoms with van der Waals surface area (Å²) in [7, 11) is 0. The highest BCUT2D eigenvalue weighted by atomic mass is 16.5. The molecule has 1 aromatic carbocycles. The van der Waals surface area contributed by atoms with Gasteiger partial charge in [0.2, 0.25) is 0 Å². The normalized spacial score (nSPS) is 11.7. The van der Waals surface area contributed by atoms with Crippen LogP contribution in [-0.2, 0) is 9.53 Å². The molecule has 5 nitrogen and oxygen atoms in total. The van der Waals surface area contributed by atoms with E-state index in [-0.39, 0.29) is 12.0 Å². The van der Waals surface area contributed by atoms with Gasteiger partial charge in [-0.15, -0.1) is 0 Å². The molecule has 23 heavy (non-hydrogen) atoms. The van der Waals surface area contributed by atoms with Crippen molar-refractivity contribution in [2.45, 2.75) is 46.3 Å². The molecule has 1 N–H and O–H groups in total. The molecule has 5 heteroatoms. The van der Waals surface area contributed by atoms with Crippen LogP contribution < -0.4 is 10.1 Å². The molecular formula is C18H24N2O3. The molecule has 0 saturated carbocycles. The number of aromatic nitrogens is 1. The molecule has 0 spiro atoms. The summed E-state index contributed by atoms with van der Waals surface area (Å²) in [6.45, 7) is 9.78. The first-order valence-corrected chi connectivity index (χ1v) is 7.85. The molecule has 0 aliphatic heterocycles. The number of nitrogens with one attached hydrogen (secondary N) is 1. The molecule has 0 radical (unpaired) electrons. The molecule has 1 heterocycles. The molecule has 0 bridgehead atoms. The van der Waals surface area contributed by atoms with Crippen molar-refractivity contribution in [3.63, 3.8) is 0 Å². The maximum atomic E-state index is 12.4.